The van der Waals surface area contributed by atoms with Crippen molar-refractivity contribution in [3.05, 3.63) is 30.1 Å². The van der Waals surface area contributed by atoms with Crippen molar-refractivity contribution in [2.75, 3.05) is 18.4 Å². The van der Waals surface area contributed by atoms with E-state index in [9.17, 15) is 14.0 Å². The number of amides is 1. The van der Waals surface area contributed by atoms with Crippen LogP contribution < -0.4 is 5.32 Å². The first-order chi connectivity index (χ1) is 9.95. The third-order valence-electron chi connectivity index (χ3n) is 3.47. The number of benzene rings is 1. The summed E-state index contributed by atoms with van der Waals surface area (Å²) in [4.78, 5) is 24.8. The molecule has 0 aromatic heterocycles. The largest absolute Gasteiger partial charge is 0.481 e. The van der Waals surface area contributed by atoms with Crippen LogP contribution in [-0.2, 0) is 9.59 Å². The number of nitrogens with zero attached hydrogens (tertiary/aromatic N) is 1. The van der Waals surface area contributed by atoms with Crippen molar-refractivity contribution in [2.45, 2.75) is 25.8 Å². The zero-order valence-corrected chi connectivity index (χ0v) is 11.9. The minimum Gasteiger partial charge on any atom is -0.481 e. The molecule has 2 rings (SSSR count). The molecule has 1 aromatic rings. The molecule has 1 unspecified atom stereocenters. The molecule has 0 spiro atoms. The average molecular weight is 294 g/mol. The second kappa shape index (κ2) is 6.67. The van der Waals surface area contributed by atoms with Gasteiger partial charge in [0.1, 0.15) is 5.82 Å². The summed E-state index contributed by atoms with van der Waals surface area (Å²) in [6, 6.07) is 5.84. The summed E-state index contributed by atoms with van der Waals surface area (Å²) >= 11 is 0. The van der Waals surface area contributed by atoms with Gasteiger partial charge in [0.15, 0.2) is 0 Å². The fourth-order valence-corrected chi connectivity index (χ4v) is 2.13. The van der Waals surface area contributed by atoms with Crippen molar-refractivity contribution in [3.8, 4) is 0 Å². The summed E-state index contributed by atoms with van der Waals surface area (Å²) in [5.41, 5.74) is 0.531. The summed E-state index contributed by atoms with van der Waals surface area (Å²) in [7, 11) is 0. The van der Waals surface area contributed by atoms with Crippen LogP contribution in [0, 0.1) is 11.7 Å². The Morgan fingerprint density at radius 2 is 2.00 bits per heavy atom. The lowest BCUT2D eigenvalue weighted by atomic mass is 10.1. The maximum absolute atomic E-state index is 12.8. The van der Waals surface area contributed by atoms with Crippen LogP contribution in [-0.4, -0.2) is 41.0 Å². The number of carboxylic acid groups (broad SMARTS) is 1. The van der Waals surface area contributed by atoms with E-state index in [-0.39, 0.29) is 18.3 Å². The van der Waals surface area contributed by atoms with Gasteiger partial charge in [0, 0.05) is 18.3 Å². The van der Waals surface area contributed by atoms with Gasteiger partial charge in [0.2, 0.25) is 5.91 Å². The number of nitrogens with one attached hydrogen (secondary N) is 1. The summed E-state index contributed by atoms with van der Waals surface area (Å²) in [6.07, 6.45) is 1.99. The van der Waals surface area contributed by atoms with Gasteiger partial charge in [-0.2, -0.15) is 0 Å². The molecular formula is C15H19FN2O3. The molecule has 0 bridgehead atoms. The van der Waals surface area contributed by atoms with E-state index in [0.717, 1.165) is 12.8 Å². The Hall–Kier alpha value is -1.95. The molecule has 1 amide bonds. The summed E-state index contributed by atoms with van der Waals surface area (Å²) in [5, 5.41) is 11.7. The van der Waals surface area contributed by atoms with E-state index in [2.05, 4.69) is 5.32 Å². The quantitative estimate of drug-likeness (QED) is 0.806. The van der Waals surface area contributed by atoms with Crippen LogP contribution in [0.15, 0.2) is 24.3 Å². The molecule has 1 aliphatic rings. The molecule has 1 atom stereocenters. The molecule has 6 heteroatoms. The van der Waals surface area contributed by atoms with E-state index in [1.54, 1.807) is 6.92 Å². The van der Waals surface area contributed by atoms with Gasteiger partial charge in [-0.25, -0.2) is 4.39 Å². The van der Waals surface area contributed by atoms with E-state index in [1.807, 2.05) is 4.90 Å². The lowest BCUT2D eigenvalue weighted by Crippen LogP contribution is -2.39. The molecule has 0 saturated heterocycles. The van der Waals surface area contributed by atoms with Crippen LogP contribution in [0.5, 0.6) is 0 Å². The second-order valence-corrected chi connectivity index (χ2v) is 5.45. The normalized spacial score (nSPS) is 15.8. The Balaban J connectivity index is 1.89. The van der Waals surface area contributed by atoms with Gasteiger partial charge in [0.05, 0.1) is 12.5 Å². The Morgan fingerprint density at radius 3 is 2.52 bits per heavy atom. The minimum absolute atomic E-state index is 0.152. The first kappa shape index (κ1) is 15.4. The zero-order valence-electron chi connectivity index (χ0n) is 11.9. The number of carboxylic acids is 1. The molecule has 5 nitrogen and oxygen atoms in total. The molecule has 0 radical (unpaired) electrons. The number of halogens is 1. The third-order valence-corrected chi connectivity index (χ3v) is 3.47. The Morgan fingerprint density at radius 1 is 1.38 bits per heavy atom. The zero-order chi connectivity index (χ0) is 15.4. The van der Waals surface area contributed by atoms with Crippen LogP contribution >= 0.6 is 0 Å². The standard InChI is InChI=1S/C15H19FN2O3/c1-10(15(20)21)8-18(13-6-7-13)9-14(19)17-12-4-2-11(16)3-5-12/h2-5,10,13H,6-9H2,1H3,(H,17,19)(H,20,21). The molecule has 1 saturated carbocycles. The van der Waals surface area contributed by atoms with Crippen LogP contribution in [0.3, 0.4) is 0 Å². The highest BCUT2D eigenvalue weighted by atomic mass is 19.1. The Labute approximate surface area is 122 Å². The SMILES string of the molecule is CC(CN(CC(=O)Nc1ccc(F)cc1)C1CC1)C(=O)O. The number of hydrogen-bond donors (Lipinski definition) is 2. The van der Waals surface area contributed by atoms with Crippen molar-refractivity contribution in [3.63, 3.8) is 0 Å². The summed E-state index contributed by atoms with van der Waals surface area (Å²) < 4.78 is 12.8. The number of carbonyl (C=O) groups is 2. The highest BCUT2D eigenvalue weighted by Gasteiger charge is 2.32. The molecule has 0 heterocycles. The highest BCUT2D eigenvalue weighted by Crippen LogP contribution is 2.27. The van der Waals surface area contributed by atoms with Crippen molar-refractivity contribution in [1.29, 1.82) is 0 Å². The van der Waals surface area contributed by atoms with E-state index >= 15 is 0 Å². The van der Waals surface area contributed by atoms with E-state index < -0.39 is 11.9 Å². The number of rotatable bonds is 7. The van der Waals surface area contributed by atoms with Gasteiger partial charge >= 0.3 is 5.97 Å². The lowest BCUT2D eigenvalue weighted by Gasteiger charge is -2.23. The van der Waals surface area contributed by atoms with Gasteiger partial charge in [-0.3, -0.25) is 14.5 Å². The van der Waals surface area contributed by atoms with Gasteiger partial charge in [0.25, 0.3) is 0 Å². The van der Waals surface area contributed by atoms with Gasteiger partial charge in [-0.1, -0.05) is 6.92 Å². The second-order valence-electron chi connectivity index (χ2n) is 5.45. The molecule has 1 aliphatic carbocycles. The topological polar surface area (TPSA) is 69.6 Å². The third kappa shape index (κ3) is 4.82. The Kier molecular flexibility index (Phi) is 4.90. The van der Waals surface area contributed by atoms with Crippen molar-refractivity contribution < 1.29 is 19.1 Å². The van der Waals surface area contributed by atoms with Crippen molar-refractivity contribution in [1.82, 2.24) is 4.90 Å². The van der Waals surface area contributed by atoms with Gasteiger partial charge in [-0.05, 0) is 37.1 Å². The molecule has 114 valence electrons. The number of carbonyl (C=O) groups excluding carboxylic acids is 1. The highest BCUT2D eigenvalue weighted by molar-refractivity contribution is 5.92. The smallest absolute Gasteiger partial charge is 0.307 e. The van der Waals surface area contributed by atoms with Crippen molar-refractivity contribution >= 4 is 17.6 Å². The summed E-state index contributed by atoms with van der Waals surface area (Å²) in [6.45, 7) is 2.14. The van der Waals surface area contributed by atoms with Gasteiger partial charge in [-0.15, -0.1) is 0 Å². The predicted octanol–water partition coefficient (Wildman–Crippen LogP) is 1.95. The van der Waals surface area contributed by atoms with Gasteiger partial charge < -0.3 is 10.4 Å². The Bertz CT molecular complexity index is 514. The fraction of sp³-hybridized carbons (Fsp3) is 0.467. The van der Waals surface area contributed by atoms with Crippen molar-refractivity contribution in [2.24, 2.45) is 5.92 Å². The predicted molar refractivity (Wildman–Crippen MR) is 76.4 cm³/mol. The van der Waals surface area contributed by atoms with E-state index in [0.29, 0.717) is 18.3 Å². The molecular weight excluding hydrogens is 275 g/mol. The summed E-state index contributed by atoms with van der Waals surface area (Å²) in [5.74, 6) is -1.95. The average Bonchev–Trinajstić information content (AvgIpc) is 3.25. The van der Waals surface area contributed by atoms with E-state index in [4.69, 9.17) is 5.11 Å². The molecule has 1 aromatic carbocycles. The first-order valence-electron chi connectivity index (χ1n) is 6.98. The van der Waals surface area contributed by atoms with Crippen LogP contribution in [0.1, 0.15) is 19.8 Å². The van der Waals surface area contributed by atoms with E-state index in [1.165, 1.54) is 24.3 Å². The molecule has 2 N–H and O–H groups in total. The first-order valence-corrected chi connectivity index (χ1v) is 6.98. The fourth-order valence-electron chi connectivity index (χ4n) is 2.13. The molecule has 21 heavy (non-hydrogen) atoms. The molecule has 0 aliphatic heterocycles. The van der Waals surface area contributed by atoms with Crippen LogP contribution in [0.25, 0.3) is 0 Å². The lowest BCUT2D eigenvalue weighted by molar-refractivity contribution is -0.142. The number of anilines is 1. The maximum atomic E-state index is 12.8. The minimum atomic E-state index is -0.861. The monoisotopic (exact) mass is 294 g/mol. The van der Waals surface area contributed by atoms with Crippen LogP contribution in [0.4, 0.5) is 10.1 Å². The number of hydrogen-bond acceptors (Lipinski definition) is 3. The number of aliphatic carboxylic acids is 1. The maximum Gasteiger partial charge on any atom is 0.307 e. The van der Waals surface area contributed by atoms with Crippen LogP contribution in [0.2, 0.25) is 0 Å². The molecule has 1 fully saturated rings.